The molecule has 1 amide bonds. The summed E-state index contributed by atoms with van der Waals surface area (Å²) in [5.41, 5.74) is 0. The third-order valence-electron chi connectivity index (χ3n) is 8.22. The Hall–Kier alpha value is -1.91. The molecular weight excluding hydrogens is 554 g/mol. The van der Waals surface area contributed by atoms with Crippen molar-refractivity contribution in [3.05, 3.63) is 60.8 Å². The normalized spacial score (nSPS) is 13.8. The molecule has 0 fully saturated rings. The zero-order valence-electron chi connectivity index (χ0n) is 29.6. The van der Waals surface area contributed by atoms with Gasteiger partial charge in [-0.3, -0.25) is 4.79 Å². The van der Waals surface area contributed by atoms with Crippen LogP contribution in [0.3, 0.4) is 0 Å². The Morgan fingerprint density at radius 3 is 1.44 bits per heavy atom. The van der Waals surface area contributed by atoms with Gasteiger partial charge in [0, 0.05) is 6.42 Å². The highest BCUT2D eigenvalue weighted by Gasteiger charge is 2.17. The summed E-state index contributed by atoms with van der Waals surface area (Å²) in [5.74, 6) is -0.0906. The van der Waals surface area contributed by atoms with E-state index in [1.54, 1.807) is 6.08 Å². The van der Waals surface area contributed by atoms with Crippen molar-refractivity contribution in [1.82, 2.24) is 5.32 Å². The van der Waals surface area contributed by atoms with Gasteiger partial charge < -0.3 is 15.5 Å². The van der Waals surface area contributed by atoms with E-state index in [9.17, 15) is 15.0 Å². The molecule has 0 aromatic carbocycles. The maximum absolute atomic E-state index is 12.3. The van der Waals surface area contributed by atoms with Crippen LogP contribution in [-0.4, -0.2) is 34.9 Å². The molecule has 2 unspecified atom stereocenters. The van der Waals surface area contributed by atoms with Crippen LogP contribution in [0.2, 0.25) is 0 Å². The summed E-state index contributed by atoms with van der Waals surface area (Å²) in [6, 6.07) is -0.646. The van der Waals surface area contributed by atoms with E-state index in [1.165, 1.54) is 96.3 Å². The molecule has 45 heavy (non-hydrogen) atoms. The standard InChI is InChI=1S/C41H73NO3/c1-3-5-7-9-11-13-15-17-18-19-20-21-22-23-24-25-27-29-31-33-35-37-41(45)42-39(38-43)40(44)36-34-32-30-28-26-16-14-12-10-8-6-4-2/h15,17,19-20,22-23,26,28,34,36,39-40,43-44H,3-14,16,18,21,24-25,27,29-33,35,37-38H2,1-2H3,(H,42,45)/b17-15-,20-19-,23-22-,28-26+,36-34+. The van der Waals surface area contributed by atoms with Crippen molar-refractivity contribution in [2.75, 3.05) is 6.61 Å². The van der Waals surface area contributed by atoms with E-state index in [0.29, 0.717) is 6.42 Å². The molecule has 4 heteroatoms. The molecule has 3 N–H and O–H groups in total. The van der Waals surface area contributed by atoms with Gasteiger partial charge in [0.2, 0.25) is 5.91 Å². The second-order valence-corrected chi connectivity index (χ2v) is 12.6. The van der Waals surface area contributed by atoms with E-state index < -0.39 is 12.1 Å². The number of rotatable bonds is 33. The van der Waals surface area contributed by atoms with Gasteiger partial charge in [0.25, 0.3) is 0 Å². The maximum atomic E-state index is 12.3. The third kappa shape index (κ3) is 33.3. The number of aliphatic hydroxyl groups excluding tert-OH is 2. The molecule has 0 aliphatic rings. The van der Waals surface area contributed by atoms with Crippen LogP contribution in [-0.2, 0) is 4.79 Å². The Bertz CT molecular complexity index is 767. The van der Waals surface area contributed by atoms with Crippen LogP contribution in [0.4, 0.5) is 0 Å². The monoisotopic (exact) mass is 628 g/mol. The highest BCUT2D eigenvalue weighted by atomic mass is 16.3. The van der Waals surface area contributed by atoms with E-state index in [4.69, 9.17) is 0 Å². The minimum Gasteiger partial charge on any atom is -0.394 e. The lowest BCUT2D eigenvalue weighted by atomic mass is 10.1. The minimum absolute atomic E-state index is 0.0906. The lowest BCUT2D eigenvalue weighted by molar-refractivity contribution is -0.123. The maximum Gasteiger partial charge on any atom is 0.220 e. The van der Waals surface area contributed by atoms with Gasteiger partial charge >= 0.3 is 0 Å². The Morgan fingerprint density at radius 1 is 0.533 bits per heavy atom. The van der Waals surface area contributed by atoms with E-state index in [1.807, 2.05) is 6.08 Å². The summed E-state index contributed by atoms with van der Waals surface area (Å²) >= 11 is 0. The molecule has 0 rings (SSSR count). The molecule has 0 aromatic heterocycles. The summed E-state index contributed by atoms with van der Waals surface area (Å²) in [6.45, 7) is 4.24. The number of carbonyl (C=O) groups is 1. The van der Waals surface area contributed by atoms with E-state index >= 15 is 0 Å². The number of nitrogens with one attached hydrogen (secondary N) is 1. The zero-order valence-corrected chi connectivity index (χ0v) is 29.6. The fraction of sp³-hybridized carbons (Fsp3) is 0.732. The SMILES string of the molecule is CCCCCCC/C=C\C/C=C\C/C=C\CCCCCCCCC(=O)NC(CO)C(O)/C=C/CC/C=C/CCCCCCCC. The number of allylic oxidation sites excluding steroid dienone is 9. The summed E-state index contributed by atoms with van der Waals surface area (Å²) in [4.78, 5) is 12.3. The van der Waals surface area contributed by atoms with Gasteiger partial charge in [-0.25, -0.2) is 0 Å². The summed E-state index contributed by atoms with van der Waals surface area (Å²) in [5, 5.41) is 22.8. The van der Waals surface area contributed by atoms with E-state index in [-0.39, 0.29) is 12.5 Å². The highest BCUT2D eigenvalue weighted by molar-refractivity contribution is 5.76. The van der Waals surface area contributed by atoms with Crippen molar-refractivity contribution in [3.63, 3.8) is 0 Å². The number of unbranched alkanes of at least 4 members (excludes halogenated alkanes) is 18. The Labute approximate surface area is 279 Å². The van der Waals surface area contributed by atoms with Crippen LogP contribution >= 0.6 is 0 Å². The van der Waals surface area contributed by atoms with Crippen LogP contribution in [0.5, 0.6) is 0 Å². The first-order valence-corrected chi connectivity index (χ1v) is 19.0. The van der Waals surface area contributed by atoms with Crippen molar-refractivity contribution >= 4 is 5.91 Å². The number of aliphatic hydroxyl groups is 2. The van der Waals surface area contributed by atoms with Crippen LogP contribution in [0, 0.1) is 0 Å². The minimum atomic E-state index is -0.868. The molecule has 2 atom stereocenters. The Kier molecular flexibility index (Phi) is 35.0. The molecular formula is C41H73NO3. The Morgan fingerprint density at radius 2 is 0.933 bits per heavy atom. The number of carbonyl (C=O) groups excluding carboxylic acids is 1. The van der Waals surface area contributed by atoms with Gasteiger partial charge in [-0.2, -0.15) is 0 Å². The van der Waals surface area contributed by atoms with Crippen molar-refractivity contribution in [2.24, 2.45) is 0 Å². The van der Waals surface area contributed by atoms with Crippen molar-refractivity contribution < 1.29 is 15.0 Å². The summed E-state index contributed by atoms with van der Waals surface area (Å²) in [7, 11) is 0. The number of hydrogen-bond acceptors (Lipinski definition) is 3. The fourth-order valence-electron chi connectivity index (χ4n) is 5.26. The average Bonchev–Trinajstić information content (AvgIpc) is 3.04. The van der Waals surface area contributed by atoms with Gasteiger partial charge in [0.05, 0.1) is 18.8 Å². The smallest absolute Gasteiger partial charge is 0.220 e. The third-order valence-corrected chi connectivity index (χ3v) is 8.22. The molecule has 0 bridgehead atoms. The lowest BCUT2D eigenvalue weighted by Gasteiger charge is -2.19. The van der Waals surface area contributed by atoms with Crippen molar-refractivity contribution in [3.8, 4) is 0 Å². The predicted octanol–water partition coefficient (Wildman–Crippen LogP) is 11.4. The summed E-state index contributed by atoms with van der Waals surface area (Å²) < 4.78 is 0. The second kappa shape index (κ2) is 36.6. The molecule has 4 nitrogen and oxygen atoms in total. The van der Waals surface area contributed by atoms with Crippen LogP contribution in [0.25, 0.3) is 0 Å². The first-order valence-electron chi connectivity index (χ1n) is 19.0. The molecule has 0 saturated heterocycles. The number of amides is 1. The van der Waals surface area contributed by atoms with Gasteiger partial charge in [-0.15, -0.1) is 0 Å². The number of hydrogen-bond donors (Lipinski definition) is 3. The molecule has 0 spiro atoms. The van der Waals surface area contributed by atoms with Gasteiger partial charge in [-0.1, -0.05) is 158 Å². The second-order valence-electron chi connectivity index (χ2n) is 12.6. The Balaban J connectivity index is 3.70. The predicted molar refractivity (Wildman–Crippen MR) is 197 cm³/mol. The van der Waals surface area contributed by atoms with Crippen molar-refractivity contribution in [1.29, 1.82) is 0 Å². The summed E-state index contributed by atoms with van der Waals surface area (Å²) in [6.07, 6.45) is 50.2. The molecule has 0 aliphatic heterocycles. The molecule has 260 valence electrons. The highest BCUT2D eigenvalue weighted by Crippen LogP contribution is 2.11. The molecule has 0 heterocycles. The van der Waals surface area contributed by atoms with Crippen molar-refractivity contribution in [2.45, 2.75) is 187 Å². The van der Waals surface area contributed by atoms with Crippen LogP contribution < -0.4 is 5.32 Å². The quantitative estimate of drug-likeness (QED) is 0.0501. The first-order chi connectivity index (χ1) is 22.2. The topological polar surface area (TPSA) is 69.6 Å². The fourth-order valence-corrected chi connectivity index (χ4v) is 5.26. The van der Waals surface area contributed by atoms with Gasteiger partial charge in [0.1, 0.15) is 0 Å². The van der Waals surface area contributed by atoms with Crippen LogP contribution in [0.1, 0.15) is 174 Å². The van der Waals surface area contributed by atoms with E-state index in [0.717, 1.165) is 57.8 Å². The van der Waals surface area contributed by atoms with Crippen LogP contribution in [0.15, 0.2) is 60.8 Å². The molecule has 0 radical (unpaired) electrons. The first kappa shape index (κ1) is 43.1. The average molecular weight is 628 g/mol. The zero-order chi connectivity index (χ0) is 32.9. The molecule has 0 saturated carbocycles. The van der Waals surface area contributed by atoms with Gasteiger partial charge in [0.15, 0.2) is 0 Å². The molecule has 0 aliphatic carbocycles. The lowest BCUT2D eigenvalue weighted by Crippen LogP contribution is -2.45. The van der Waals surface area contributed by atoms with Gasteiger partial charge in [-0.05, 0) is 70.6 Å². The molecule has 0 aromatic rings. The van der Waals surface area contributed by atoms with E-state index in [2.05, 4.69) is 67.8 Å². The largest absolute Gasteiger partial charge is 0.394 e.